The number of aromatic nitrogens is 3. The zero-order valence-electron chi connectivity index (χ0n) is 26.3. The molecule has 4 aliphatic heterocycles. The van der Waals surface area contributed by atoms with Gasteiger partial charge in [0.2, 0.25) is 0 Å². The van der Waals surface area contributed by atoms with Gasteiger partial charge in [0, 0.05) is 49.1 Å². The summed E-state index contributed by atoms with van der Waals surface area (Å²) in [4.78, 5) is 18.9. The number of phenols is 1. The van der Waals surface area contributed by atoms with Gasteiger partial charge in [0.15, 0.2) is 5.82 Å². The van der Waals surface area contributed by atoms with Crippen LogP contribution < -0.4 is 15.0 Å². The summed E-state index contributed by atoms with van der Waals surface area (Å²) in [6.45, 7) is 4.98. The quantitative estimate of drug-likeness (QED) is 0.270. The minimum Gasteiger partial charge on any atom is -0.508 e. The molecule has 0 unspecified atom stereocenters. The molecule has 0 spiro atoms. The number of nitrogens with one attached hydrogen (secondary N) is 1. The molecule has 47 heavy (non-hydrogen) atoms. The van der Waals surface area contributed by atoms with Crippen molar-refractivity contribution in [2.24, 2.45) is 0 Å². The summed E-state index contributed by atoms with van der Waals surface area (Å²) in [6, 6.07) is 5.98. The predicted octanol–water partition coefficient (Wildman–Crippen LogP) is 5.66. The Kier molecular flexibility index (Phi) is 7.41. The first-order chi connectivity index (χ1) is 22.8. The average molecular weight is 643 g/mol. The van der Waals surface area contributed by atoms with Gasteiger partial charge in [0.25, 0.3) is 0 Å². The molecule has 3 fully saturated rings. The first kappa shape index (κ1) is 30.2. The second-order valence-electron chi connectivity index (χ2n) is 13.4. The number of phenolic OH excluding ortho intramolecular Hbond substituents is 1. The number of rotatable bonds is 5. The largest absolute Gasteiger partial charge is 0.508 e. The van der Waals surface area contributed by atoms with Gasteiger partial charge in [-0.1, -0.05) is 18.9 Å². The topological polar surface area (TPSA) is 86.6 Å². The third-order valence-corrected chi connectivity index (χ3v) is 10.8. The molecular weight excluding hydrogens is 605 g/mol. The molecule has 8 rings (SSSR count). The van der Waals surface area contributed by atoms with Crippen LogP contribution in [0.5, 0.6) is 11.8 Å². The first-order valence-corrected chi connectivity index (χ1v) is 16.6. The van der Waals surface area contributed by atoms with Crippen LogP contribution in [0.2, 0.25) is 0 Å². The van der Waals surface area contributed by atoms with Crippen molar-refractivity contribution in [3.8, 4) is 35.4 Å². The van der Waals surface area contributed by atoms with Crippen LogP contribution in [-0.4, -0.2) is 81.5 Å². The number of aromatic hydroxyl groups is 1. The van der Waals surface area contributed by atoms with E-state index in [1.54, 1.807) is 0 Å². The van der Waals surface area contributed by atoms with E-state index in [1.165, 1.54) is 24.3 Å². The summed E-state index contributed by atoms with van der Waals surface area (Å²) in [6.07, 6.45) is 10.1. The fourth-order valence-corrected chi connectivity index (χ4v) is 8.64. The van der Waals surface area contributed by atoms with E-state index in [-0.39, 0.29) is 58.2 Å². The summed E-state index contributed by atoms with van der Waals surface area (Å²) in [7, 11) is 0. The first-order valence-electron chi connectivity index (χ1n) is 16.6. The second-order valence-corrected chi connectivity index (χ2v) is 13.4. The van der Waals surface area contributed by atoms with E-state index in [0.29, 0.717) is 48.2 Å². The van der Waals surface area contributed by atoms with E-state index in [4.69, 9.17) is 21.1 Å². The smallest absolute Gasteiger partial charge is 0.319 e. The summed E-state index contributed by atoms with van der Waals surface area (Å²) < 4.78 is 53.0. The van der Waals surface area contributed by atoms with E-state index in [1.807, 2.05) is 0 Å². The number of aryl methyl sites for hydroxylation is 1. The van der Waals surface area contributed by atoms with E-state index < -0.39 is 23.3 Å². The van der Waals surface area contributed by atoms with Crippen molar-refractivity contribution in [3.63, 3.8) is 0 Å². The number of ether oxygens (including phenoxy) is 1. The van der Waals surface area contributed by atoms with Crippen molar-refractivity contribution in [1.82, 2.24) is 25.2 Å². The maximum Gasteiger partial charge on any atom is 0.319 e. The molecule has 8 nitrogen and oxygen atoms in total. The third-order valence-electron chi connectivity index (χ3n) is 10.8. The number of benzene rings is 2. The number of hydrogen-bond donors (Lipinski definition) is 2. The Balaban J connectivity index is 1.34. The number of pyridine rings is 1. The van der Waals surface area contributed by atoms with Crippen LogP contribution in [0.1, 0.15) is 56.7 Å². The van der Waals surface area contributed by atoms with Crippen LogP contribution >= 0.6 is 0 Å². The predicted molar refractivity (Wildman–Crippen MR) is 174 cm³/mol. The summed E-state index contributed by atoms with van der Waals surface area (Å²) in [5.41, 5.74) is 0.298. The van der Waals surface area contributed by atoms with Crippen LogP contribution in [0.25, 0.3) is 32.9 Å². The van der Waals surface area contributed by atoms with Crippen LogP contribution in [0.15, 0.2) is 24.3 Å². The molecule has 2 N–H and O–H groups in total. The number of halogens is 3. The number of nitrogens with zero attached hydrogens (tertiary/aromatic N) is 5. The highest BCUT2D eigenvalue weighted by Gasteiger charge is 2.49. The molecule has 0 saturated carbocycles. The highest BCUT2D eigenvalue weighted by atomic mass is 19.1. The van der Waals surface area contributed by atoms with Gasteiger partial charge < -0.3 is 20.1 Å². The molecule has 6 heterocycles. The van der Waals surface area contributed by atoms with Crippen molar-refractivity contribution in [2.75, 3.05) is 37.7 Å². The molecule has 3 saturated heterocycles. The lowest BCUT2D eigenvalue weighted by Crippen LogP contribution is -2.58. The minimum atomic E-state index is -0.916. The highest BCUT2D eigenvalue weighted by Crippen LogP contribution is 2.43. The number of piperazine rings is 1. The number of terminal acetylenes is 1. The fraction of sp³-hybridized carbons (Fsp3) is 0.472. The molecule has 0 aliphatic carbocycles. The molecule has 4 aliphatic rings. The van der Waals surface area contributed by atoms with Crippen molar-refractivity contribution in [3.05, 3.63) is 47.2 Å². The zero-order chi connectivity index (χ0) is 32.4. The van der Waals surface area contributed by atoms with Gasteiger partial charge in [-0.15, -0.1) is 6.42 Å². The molecule has 0 amide bonds. The van der Waals surface area contributed by atoms with Crippen molar-refractivity contribution in [1.29, 1.82) is 0 Å². The fourth-order valence-electron chi connectivity index (χ4n) is 8.64. The number of fused-ring (bicyclic) bond motifs is 4. The van der Waals surface area contributed by atoms with Gasteiger partial charge in [0.1, 0.15) is 41.4 Å². The van der Waals surface area contributed by atoms with E-state index >= 15 is 4.39 Å². The van der Waals surface area contributed by atoms with Crippen LogP contribution in [0, 0.1) is 24.0 Å². The number of anilines is 1. The van der Waals surface area contributed by atoms with E-state index in [9.17, 15) is 13.9 Å². The number of alkyl halides is 1. The maximum atomic E-state index is 17.1. The highest BCUT2D eigenvalue weighted by molar-refractivity contribution is 6.03. The lowest BCUT2D eigenvalue weighted by molar-refractivity contribution is 0.107. The van der Waals surface area contributed by atoms with Crippen molar-refractivity contribution >= 4 is 27.5 Å². The molecule has 4 aromatic rings. The van der Waals surface area contributed by atoms with Gasteiger partial charge >= 0.3 is 6.01 Å². The SMILES string of the molecule is C#Cc1c(F)ccc2cc(O)cc(-c3nc4c5c(nc(OC[C@@]67CCCN6C[C@H](F)C7)nc5c3F)N3CCN[C@@H](CC)[C@H]3CCC4)c12. The van der Waals surface area contributed by atoms with Crippen molar-refractivity contribution in [2.45, 2.75) is 75.7 Å². The molecule has 11 heteroatoms. The Morgan fingerprint density at radius 3 is 2.85 bits per heavy atom. The molecule has 0 radical (unpaired) electrons. The van der Waals surface area contributed by atoms with Gasteiger partial charge in [-0.25, -0.2) is 18.2 Å². The van der Waals surface area contributed by atoms with Crippen LogP contribution in [-0.2, 0) is 6.42 Å². The summed E-state index contributed by atoms with van der Waals surface area (Å²) in [5.74, 6) is 1.50. The van der Waals surface area contributed by atoms with Crippen LogP contribution in [0.4, 0.5) is 19.0 Å². The molecule has 4 atom stereocenters. The summed E-state index contributed by atoms with van der Waals surface area (Å²) in [5, 5.41) is 15.6. The Morgan fingerprint density at radius 2 is 2.02 bits per heavy atom. The normalized spacial score (nSPS) is 25.8. The Hall–Kier alpha value is -4.14. The van der Waals surface area contributed by atoms with Crippen LogP contribution in [0.3, 0.4) is 0 Å². The Morgan fingerprint density at radius 1 is 1.15 bits per heavy atom. The van der Waals surface area contributed by atoms with Gasteiger partial charge in [-0.05, 0) is 68.7 Å². The monoisotopic (exact) mass is 642 g/mol. The third kappa shape index (κ3) is 4.87. The van der Waals surface area contributed by atoms with E-state index in [0.717, 1.165) is 45.2 Å². The zero-order valence-corrected chi connectivity index (χ0v) is 26.3. The van der Waals surface area contributed by atoms with E-state index in [2.05, 4.69) is 32.9 Å². The standard InChI is InChI=1S/C36H37F3N6O2/c1-3-23-25(38)10-9-20-15-22(46)16-24(29(20)23)32-31(39)33-30-27(41-32)7-5-8-28-26(4-2)40-12-14-45(28)34(30)43-35(42-33)47-19-36-11-6-13-44(36)18-21(37)17-36/h1,9-10,15-16,21,26,28,40,46H,4-8,11-14,17-19H2,2H3/t21-,26+,28-,36+/m1/s1. The van der Waals surface area contributed by atoms with Gasteiger partial charge in [-0.2, -0.15) is 9.97 Å². The second kappa shape index (κ2) is 11.5. The number of hydrogen-bond acceptors (Lipinski definition) is 8. The molecule has 244 valence electrons. The molecule has 0 bridgehead atoms. The summed E-state index contributed by atoms with van der Waals surface area (Å²) >= 11 is 0. The lowest BCUT2D eigenvalue weighted by Gasteiger charge is -2.44. The molecule has 2 aromatic heterocycles. The average Bonchev–Trinajstić information content (AvgIpc) is 3.59. The molecular formula is C36H37F3N6O2. The minimum absolute atomic E-state index is 0.0278. The molecule has 2 aromatic carbocycles. The Bertz CT molecular complexity index is 1950. The van der Waals surface area contributed by atoms with Crippen molar-refractivity contribution < 1.29 is 23.0 Å². The Labute approximate surface area is 271 Å². The van der Waals surface area contributed by atoms with Gasteiger partial charge in [0.05, 0.1) is 22.2 Å². The lowest BCUT2D eigenvalue weighted by atomic mass is 9.91. The van der Waals surface area contributed by atoms with Gasteiger partial charge in [-0.3, -0.25) is 4.90 Å². The maximum absolute atomic E-state index is 17.1.